The molecule has 12 heteroatoms. The molecule has 0 bridgehead atoms. The van der Waals surface area contributed by atoms with Gasteiger partial charge in [0.25, 0.3) is 5.56 Å². The highest BCUT2D eigenvalue weighted by Crippen LogP contribution is 2.34. The van der Waals surface area contributed by atoms with Crippen molar-refractivity contribution in [2.75, 3.05) is 0 Å². The summed E-state index contributed by atoms with van der Waals surface area (Å²) in [5, 5.41) is 9.99. The van der Waals surface area contributed by atoms with E-state index in [1.807, 2.05) is 0 Å². The van der Waals surface area contributed by atoms with E-state index in [9.17, 15) is 14.7 Å². The van der Waals surface area contributed by atoms with Crippen molar-refractivity contribution in [1.82, 2.24) is 9.55 Å². The number of aryl methyl sites for hydroxylation is 1. The zero-order valence-electron chi connectivity index (χ0n) is 11.4. The molecule has 2 heterocycles. The van der Waals surface area contributed by atoms with E-state index in [1.165, 1.54) is 13.1 Å². The summed E-state index contributed by atoms with van der Waals surface area (Å²) < 4.78 is 16.3. The molecule has 22 heavy (non-hydrogen) atoms. The third-order valence-electron chi connectivity index (χ3n) is 2.96. The van der Waals surface area contributed by atoms with Crippen LogP contribution < -0.4 is 11.2 Å². The van der Waals surface area contributed by atoms with Crippen molar-refractivity contribution in [3.8, 4) is 0 Å². The fourth-order valence-electron chi connectivity index (χ4n) is 2.00. The monoisotopic (exact) mass is 354 g/mol. The number of rotatable bonds is 5. The van der Waals surface area contributed by atoms with E-state index in [0.717, 1.165) is 4.57 Å². The van der Waals surface area contributed by atoms with Crippen molar-refractivity contribution in [1.29, 1.82) is 0 Å². The number of ether oxygens (including phenoxy) is 2. The van der Waals surface area contributed by atoms with Gasteiger partial charge in [-0.1, -0.05) is 9.24 Å². The number of aliphatic hydroxyl groups excluding tert-OH is 1. The Labute approximate surface area is 127 Å². The van der Waals surface area contributed by atoms with Crippen molar-refractivity contribution in [3.05, 3.63) is 32.6 Å². The number of aliphatic hydroxyl groups is 1. The molecule has 124 valence electrons. The molecule has 1 aliphatic heterocycles. The first-order valence-corrected chi connectivity index (χ1v) is 8.02. The maximum atomic E-state index is 11.8. The second-order valence-corrected chi connectivity index (χ2v) is 5.86. The van der Waals surface area contributed by atoms with Gasteiger partial charge in [-0.25, -0.2) is 4.79 Å². The number of aromatic nitrogens is 2. The van der Waals surface area contributed by atoms with E-state index in [1.54, 1.807) is 0 Å². The summed E-state index contributed by atoms with van der Waals surface area (Å²) in [5.41, 5.74) is -0.939. The molecular weight excluding hydrogens is 338 g/mol. The van der Waals surface area contributed by atoms with Gasteiger partial charge in [-0.05, 0) is 6.92 Å². The van der Waals surface area contributed by atoms with Gasteiger partial charge in [0.1, 0.15) is 6.10 Å². The minimum atomic E-state index is -2.60. The molecule has 1 aliphatic rings. The SMILES string of the molecule is Cc1cn(C2OC(OC(P)OP(O)O)CC2O)c(=O)[nH]c1=O. The smallest absolute Gasteiger partial charge is 0.330 e. The highest BCUT2D eigenvalue weighted by atomic mass is 31.2. The van der Waals surface area contributed by atoms with Gasteiger partial charge >= 0.3 is 14.3 Å². The Morgan fingerprint density at radius 2 is 2.23 bits per heavy atom. The van der Waals surface area contributed by atoms with Crippen LogP contribution in [0.15, 0.2) is 15.8 Å². The molecule has 1 saturated heterocycles. The Bertz CT molecular complexity index is 632. The van der Waals surface area contributed by atoms with Gasteiger partial charge in [0.05, 0.1) is 0 Å². The molecule has 0 spiro atoms. The number of hydrogen-bond donors (Lipinski definition) is 4. The summed E-state index contributed by atoms with van der Waals surface area (Å²) in [6.07, 6.45) is -1.67. The Balaban J connectivity index is 2.10. The standard InChI is InChI=1S/C10H16N2O8P2/c1-4-3-12(9(15)11-7(4)14)8-5(13)2-6(18-8)19-10(21)20-22(16)17/h3,5-6,8,10,13,16-17H,2,21H2,1H3,(H,11,14,15). The van der Waals surface area contributed by atoms with E-state index >= 15 is 0 Å². The van der Waals surface area contributed by atoms with Gasteiger partial charge in [0, 0.05) is 18.2 Å². The summed E-state index contributed by atoms with van der Waals surface area (Å²) in [5.74, 6) is 0. The summed E-state index contributed by atoms with van der Waals surface area (Å²) >= 11 is 0. The average molecular weight is 354 g/mol. The van der Waals surface area contributed by atoms with Gasteiger partial charge in [-0.3, -0.25) is 18.9 Å². The molecule has 4 N–H and O–H groups in total. The zero-order valence-corrected chi connectivity index (χ0v) is 13.5. The largest absolute Gasteiger partial charge is 0.388 e. The zero-order chi connectivity index (χ0) is 16.4. The minimum Gasteiger partial charge on any atom is -0.388 e. The minimum absolute atomic E-state index is 0.0400. The molecule has 2 rings (SSSR count). The van der Waals surface area contributed by atoms with E-state index < -0.39 is 44.5 Å². The molecule has 0 radical (unpaired) electrons. The number of nitrogens with one attached hydrogen (secondary N) is 1. The molecule has 5 unspecified atom stereocenters. The maximum absolute atomic E-state index is 11.8. The predicted octanol–water partition coefficient (Wildman–Crippen LogP) is -1.15. The van der Waals surface area contributed by atoms with Crippen molar-refractivity contribution in [2.24, 2.45) is 0 Å². The number of H-pyrrole nitrogens is 1. The molecule has 0 amide bonds. The Morgan fingerprint density at radius 1 is 1.55 bits per heavy atom. The normalized spacial score (nSPS) is 26.5. The highest BCUT2D eigenvalue weighted by molar-refractivity contribution is 7.39. The van der Waals surface area contributed by atoms with Crippen LogP contribution in [0.2, 0.25) is 0 Å². The molecule has 0 aromatic carbocycles. The van der Waals surface area contributed by atoms with E-state index in [-0.39, 0.29) is 6.42 Å². The maximum Gasteiger partial charge on any atom is 0.330 e. The lowest BCUT2D eigenvalue weighted by Gasteiger charge is -2.20. The van der Waals surface area contributed by atoms with Gasteiger partial charge in [0.2, 0.25) is 0 Å². The van der Waals surface area contributed by atoms with Gasteiger partial charge in [0.15, 0.2) is 18.5 Å². The van der Waals surface area contributed by atoms with Crippen LogP contribution in [0.5, 0.6) is 0 Å². The van der Waals surface area contributed by atoms with Crippen LogP contribution >= 0.6 is 17.8 Å². The molecule has 0 aliphatic carbocycles. The van der Waals surface area contributed by atoms with Crippen LogP contribution in [0.4, 0.5) is 0 Å². The van der Waals surface area contributed by atoms with Crippen molar-refractivity contribution in [2.45, 2.75) is 38.0 Å². The fourth-order valence-corrected chi connectivity index (χ4v) is 2.73. The molecule has 10 nitrogen and oxygen atoms in total. The Hall–Kier alpha value is -0.700. The highest BCUT2D eigenvalue weighted by Gasteiger charge is 2.37. The van der Waals surface area contributed by atoms with Gasteiger partial charge < -0.3 is 24.4 Å². The van der Waals surface area contributed by atoms with Crippen LogP contribution in [-0.2, 0) is 14.0 Å². The third kappa shape index (κ3) is 4.18. The molecular formula is C10H16N2O8P2. The Morgan fingerprint density at radius 3 is 2.86 bits per heavy atom. The number of nitrogens with zero attached hydrogens (tertiary/aromatic N) is 1. The predicted molar refractivity (Wildman–Crippen MR) is 77.6 cm³/mol. The average Bonchev–Trinajstić information content (AvgIpc) is 2.73. The van der Waals surface area contributed by atoms with Gasteiger partial charge in [-0.2, -0.15) is 0 Å². The third-order valence-corrected chi connectivity index (χ3v) is 3.88. The number of hydrogen-bond acceptors (Lipinski definition) is 8. The summed E-state index contributed by atoms with van der Waals surface area (Å²) in [4.78, 5) is 42.6. The van der Waals surface area contributed by atoms with Crippen molar-refractivity contribution >= 4 is 17.8 Å². The quantitative estimate of drug-likeness (QED) is 0.384. The molecule has 5 atom stereocenters. The summed E-state index contributed by atoms with van der Waals surface area (Å²) in [7, 11) is -0.516. The first kappa shape index (κ1) is 17.7. The van der Waals surface area contributed by atoms with E-state index in [2.05, 4.69) is 18.7 Å². The first-order valence-electron chi connectivity index (χ1n) is 6.19. The van der Waals surface area contributed by atoms with E-state index in [4.69, 9.17) is 19.3 Å². The fraction of sp³-hybridized carbons (Fsp3) is 0.600. The van der Waals surface area contributed by atoms with Crippen LogP contribution in [-0.4, -0.2) is 42.9 Å². The van der Waals surface area contributed by atoms with Crippen LogP contribution in [0, 0.1) is 6.92 Å². The van der Waals surface area contributed by atoms with Crippen molar-refractivity contribution in [3.63, 3.8) is 0 Å². The van der Waals surface area contributed by atoms with Gasteiger partial charge in [-0.15, -0.1) is 0 Å². The summed E-state index contributed by atoms with van der Waals surface area (Å²) in [6, 6.07) is -1.05. The van der Waals surface area contributed by atoms with Crippen LogP contribution in [0.3, 0.4) is 0 Å². The van der Waals surface area contributed by atoms with E-state index in [0.29, 0.717) is 5.56 Å². The summed E-state index contributed by atoms with van der Waals surface area (Å²) in [6.45, 7) is 1.52. The first-order chi connectivity index (χ1) is 10.3. The second kappa shape index (κ2) is 7.25. The van der Waals surface area contributed by atoms with Crippen LogP contribution in [0.25, 0.3) is 0 Å². The lowest BCUT2D eigenvalue weighted by atomic mass is 10.2. The lowest BCUT2D eigenvalue weighted by Crippen LogP contribution is -2.36. The lowest BCUT2D eigenvalue weighted by molar-refractivity contribution is -0.195. The molecule has 1 fully saturated rings. The Kier molecular flexibility index (Phi) is 5.81. The van der Waals surface area contributed by atoms with Crippen LogP contribution in [0.1, 0.15) is 18.2 Å². The molecule has 1 aromatic rings. The van der Waals surface area contributed by atoms with Crippen molar-refractivity contribution < 1.29 is 28.9 Å². The molecule has 1 aromatic heterocycles. The number of aromatic amines is 1. The molecule has 0 saturated carbocycles. The second-order valence-electron chi connectivity index (χ2n) is 4.60. The topological polar surface area (TPSA) is 143 Å².